The van der Waals surface area contributed by atoms with Crippen LogP contribution in [-0.2, 0) is 19.0 Å². The van der Waals surface area contributed by atoms with E-state index in [0.717, 1.165) is 40.7 Å². The number of halogens is 1. The van der Waals surface area contributed by atoms with E-state index in [4.69, 9.17) is 11.6 Å². The Labute approximate surface area is 222 Å². The second-order valence-corrected chi connectivity index (χ2v) is 11.4. The van der Waals surface area contributed by atoms with Crippen molar-refractivity contribution in [3.8, 4) is 6.07 Å². The van der Waals surface area contributed by atoms with Gasteiger partial charge in [-0.15, -0.1) is 10.2 Å². The number of rotatable bonds is 7. The molecular formula is C29H31ClN6O. The molecule has 190 valence electrons. The van der Waals surface area contributed by atoms with Crippen molar-refractivity contribution in [2.45, 2.75) is 57.0 Å². The molecule has 0 bridgehead atoms. The van der Waals surface area contributed by atoms with Crippen LogP contribution in [0.15, 0.2) is 42.7 Å². The lowest BCUT2D eigenvalue weighted by Gasteiger charge is -2.44. The molecule has 2 heterocycles. The number of carbonyl (C=O) groups excluding carboxylic acids is 1. The lowest BCUT2D eigenvalue weighted by molar-refractivity contribution is 0.0996. The van der Waals surface area contributed by atoms with Gasteiger partial charge in [0.05, 0.1) is 18.0 Å². The molecule has 2 fully saturated rings. The van der Waals surface area contributed by atoms with Gasteiger partial charge in [-0.25, -0.2) is 0 Å². The first-order valence-electron chi connectivity index (χ1n) is 13.1. The third-order valence-electron chi connectivity index (χ3n) is 8.67. The Morgan fingerprint density at radius 1 is 1.27 bits per heavy atom. The minimum Gasteiger partial charge on any atom is -0.320 e. The number of aromatic nitrogens is 3. The molecule has 37 heavy (non-hydrogen) atoms. The largest absolute Gasteiger partial charge is 0.320 e. The molecule has 1 aliphatic heterocycles. The predicted molar refractivity (Wildman–Crippen MR) is 142 cm³/mol. The molecule has 3 aliphatic rings. The summed E-state index contributed by atoms with van der Waals surface area (Å²) >= 11 is 6.74. The zero-order valence-corrected chi connectivity index (χ0v) is 22.0. The number of anilines is 1. The first kappa shape index (κ1) is 24.1. The lowest BCUT2D eigenvalue weighted by atomic mass is 9.58. The van der Waals surface area contributed by atoms with Gasteiger partial charge in [-0.05, 0) is 80.5 Å². The summed E-state index contributed by atoms with van der Waals surface area (Å²) < 4.78 is 1.93. The molecule has 1 atom stereocenters. The Morgan fingerprint density at radius 2 is 2.08 bits per heavy atom. The van der Waals surface area contributed by atoms with Gasteiger partial charge < -0.3 is 14.8 Å². The van der Waals surface area contributed by atoms with E-state index in [1.165, 1.54) is 19.3 Å². The van der Waals surface area contributed by atoms with E-state index in [1.54, 1.807) is 11.2 Å². The number of benzene rings is 2. The van der Waals surface area contributed by atoms with Crippen LogP contribution in [0.2, 0.25) is 5.02 Å². The predicted octanol–water partition coefficient (Wildman–Crippen LogP) is 5.30. The van der Waals surface area contributed by atoms with Crippen molar-refractivity contribution in [3.63, 3.8) is 0 Å². The Balaban J connectivity index is 1.28. The smallest absolute Gasteiger partial charge is 0.258 e. The Morgan fingerprint density at radius 3 is 2.76 bits per heavy atom. The number of hydrogen-bond acceptors (Lipinski definition) is 5. The quantitative estimate of drug-likeness (QED) is 0.462. The van der Waals surface area contributed by atoms with E-state index in [0.29, 0.717) is 30.0 Å². The zero-order valence-electron chi connectivity index (χ0n) is 21.2. The first-order chi connectivity index (χ1) is 17.9. The maximum atomic E-state index is 13.6. The average molecular weight is 515 g/mol. The second kappa shape index (κ2) is 9.27. The minimum atomic E-state index is -0.385. The monoisotopic (exact) mass is 514 g/mol. The van der Waals surface area contributed by atoms with Gasteiger partial charge in [0.15, 0.2) is 0 Å². The van der Waals surface area contributed by atoms with Gasteiger partial charge in [0.1, 0.15) is 12.2 Å². The van der Waals surface area contributed by atoms with E-state index >= 15 is 0 Å². The summed E-state index contributed by atoms with van der Waals surface area (Å²) in [7, 11) is 1.93. The van der Waals surface area contributed by atoms with Crippen LogP contribution in [0.1, 0.15) is 77.9 Å². The SMILES string of the molecule is C[C@H](NCC1CCC1)c1cc(Cl)c2c(c1)C(=O)N(c1cccc(C3(c4nncn4C)CC(C#N)C3)c1)C2. The maximum Gasteiger partial charge on any atom is 0.258 e. The third kappa shape index (κ3) is 4.03. The molecule has 7 nitrogen and oxygen atoms in total. The standard InChI is InChI=1S/C29H31ClN6O/c1-18(32-15-19-5-3-6-19)21-9-24-25(26(30)10-21)16-36(27(24)37)23-8-4-7-22(11-23)29(12-20(13-29)14-31)28-34-33-17-35(28)2/h4,7-11,17-20,32H,3,5-6,12-13,15-16H2,1-2H3/t18-,20?,29?/m0/s1. The van der Waals surface area contributed by atoms with E-state index in [2.05, 4.69) is 40.6 Å². The van der Waals surface area contributed by atoms with Crippen molar-refractivity contribution in [2.24, 2.45) is 18.9 Å². The van der Waals surface area contributed by atoms with Crippen LogP contribution in [0, 0.1) is 23.2 Å². The van der Waals surface area contributed by atoms with Gasteiger partial charge in [-0.3, -0.25) is 4.79 Å². The van der Waals surface area contributed by atoms with Crippen molar-refractivity contribution in [3.05, 3.63) is 75.8 Å². The molecule has 6 rings (SSSR count). The van der Waals surface area contributed by atoms with E-state index in [9.17, 15) is 10.1 Å². The van der Waals surface area contributed by atoms with Crippen LogP contribution in [0.25, 0.3) is 0 Å². The molecular weight excluding hydrogens is 484 g/mol. The molecule has 0 saturated heterocycles. The highest BCUT2D eigenvalue weighted by atomic mass is 35.5. The van der Waals surface area contributed by atoms with Crippen LogP contribution in [0.5, 0.6) is 0 Å². The highest BCUT2D eigenvalue weighted by Gasteiger charge is 2.50. The number of nitrogens with one attached hydrogen (secondary N) is 1. The number of nitrogens with zero attached hydrogens (tertiary/aromatic N) is 5. The van der Waals surface area contributed by atoms with Crippen molar-refractivity contribution in [1.82, 2.24) is 20.1 Å². The molecule has 1 N–H and O–H groups in total. The third-order valence-corrected chi connectivity index (χ3v) is 9.01. The summed E-state index contributed by atoms with van der Waals surface area (Å²) in [5.74, 6) is 1.57. The van der Waals surface area contributed by atoms with Crippen LogP contribution in [0.4, 0.5) is 5.69 Å². The minimum absolute atomic E-state index is 0.0184. The molecule has 2 aromatic carbocycles. The van der Waals surface area contributed by atoms with Crippen molar-refractivity contribution < 1.29 is 4.79 Å². The molecule has 3 aromatic rings. The number of carbonyl (C=O) groups is 1. The molecule has 2 aliphatic carbocycles. The molecule has 1 amide bonds. The van der Waals surface area contributed by atoms with Crippen molar-refractivity contribution >= 4 is 23.2 Å². The molecule has 0 radical (unpaired) electrons. The summed E-state index contributed by atoms with van der Waals surface area (Å²) in [6.07, 6.45) is 7.00. The number of hydrogen-bond donors (Lipinski definition) is 1. The molecule has 0 unspecified atom stereocenters. The number of amides is 1. The second-order valence-electron chi connectivity index (χ2n) is 11.0. The summed E-state index contributed by atoms with van der Waals surface area (Å²) in [6, 6.07) is 14.6. The molecule has 2 saturated carbocycles. The lowest BCUT2D eigenvalue weighted by Crippen LogP contribution is -2.44. The normalized spacial score (nSPS) is 23.8. The molecule has 0 spiro atoms. The average Bonchev–Trinajstić information content (AvgIpc) is 3.42. The number of aryl methyl sites for hydroxylation is 1. The van der Waals surface area contributed by atoms with Crippen LogP contribution < -0.4 is 10.2 Å². The van der Waals surface area contributed by atoms with Gasteiger partial charge >= 0.3 is 0 Å². The van der Waals surface area contributed by atoms with E-state index in [1.807, 2.05) is 35.9 Å². The van der Waals surface area contributed by atoms with Gasteiger partial charge in [-0.1, -0.05) is 30.2 Å². The zero-order chi connectivity index (χ0) is 25.7. The number of nitriles is 1. The van der Waals surface area contributed by atoms with Gasteiger partial charge in [0, 0.05) is 40.8 Å². The Bertz CT molecular complexity index is 1400. The van der Waals surface area contributed by atoms with Crippen LogP contribution in [-0.4, -0.2) is 27.2 Å². The topological polar surface area (TPSA) is 86.8 Å². The van der Waals surface area contributed by atoms with Gasteiger partial charge in [-0.2, -0.15) is 5.26 Å². The molecule has 8 heteroatoms. The fraction of sp³-hybridized carbons (Fsp3) is 0.448. The Hall–Kier alpha value is -3.21. The summed E-state index contributed by atoms with van der Waals surface area (Å²) in [5, 5.41) is 22.3. The summed E-state index contributed by atoms with van der Waals surface area (Å²) in [4.78, 5) is 15.5. The van der Waals surface area contributed by atoms with Crippen LogP contribution >= 0.6 is 11.6 Å². The Kier molecular flexibility index (Phi) is 6.05. The van der Waals surface area contributed by atoms with E-state index < -0.39 is 0 Å². The maximum absolute atomic E-state index is 13.6. The fourth-order valence-electron chi connectivity index (χ4n) is 6.11. The van der Waals surface area contributed by atoms with Crippen molar-refractivity contribution in [1.29, 1.82) is 5.26 Å². The number of fused-ring (bicyclic) bond motifs is 1. The highest BCUT2D eigenvalue weighted by Crippen LogP contribution is 2.52. The highest BCUT2D eigenvalue weighted by molar-refractivity contribution is 6.32. The van der Waals surface area contributed by atoms with Gasteiger partial charge in [0.25, 0.3) is 5.91 Å². The summed E-state index contributed by atoms with van der Waals surface area (Å²) in [5.41, 5.74) is 4.10. The van der Waals surface area contributed by atoms with Gasteiger partial charge in [0.2, 0.25) is 0 Å². The van der Waals surface area contributed by atoms with E-state index in [-0.39, 0.29) is 23.3 Å². The fourth-order valence-corrected chi connectivity index (χ4v) is 6.40. The summed E-state index contributed by atoms with van der Waals surface area (Å²) in [6.45, 7) is 3.58. The van der Waals surface area contributed by atoms with Crippen molar-refractivity contribution in [2.75, 3.05) is 11.4 Å². The molecule has 1 aromatic heterocycles. The first-order valence-corrected chi connectivity index (χ1v) is 13.5. The van der Waals surface area contributed by atoms with Crippen LogP contribution in [0.3, 0.4) is 0 Å².